The minimum atomic E-state index is 0.00484. The van der Waals surface area contributed by atoms with Gasteiger partial charge in [0.2, 0.25) is 5.91 Å². The molecule has 1 fully saturated rings. The van der Waals surface area contributed by atoms with Gasteiger partial charge in [-0.25, -0.2) is 0 Å². The molecule has 2 rings (SSSR count). The molecule has 1 heterocycles. The third kappa shape index (κ3) is 6.25. The highest BCUT2D eigenvalue weighted by atomic mass is 16.5. The van der Waals surface area contributed by atoms with Crippen molar-refractivity contribution in [2.75, 3.05) is 51.3 Å². The predicted molar refractivity (Wildman–Crippen MR) is 84.6 cm³/mol. The van der Waals surface area contributed by atoms with Gasteiger partial charge in [-0.3, -0.25) is 9.69 Å². The zero-order chi connectivity index (χ0) is 14.9. The van der Waals surface area contributed by atoms with E-state index in [0.29, 0.717) is 6.54 Å². The molecule has 0 bridgehead atoms. The lowest BCUT2D eigenvalue weighted by atomic mass is 10.2. The first-order chi connectivity index (χ1) is 10.2. The summed E-state index contributed by atoms with van der Waals surface area (Å²) in [5, 5.41) is 6.07. The molecule has 1 aliphatic rings. The van der Waals surface area contributed by atoms with Gasteiger partial charge in [0.1, 0.15) is 0 Å². The Morgan fingerprint density at radius 2 is 1.95 bits per heavy atom. The Hall–Kier alpha value is -1.43. The van der Waals surface area contributed by atoms with Gasteiger partial charge in [-0.2, -0.15) is 0 Å². The van der Waals surface area contributed by atoms with Gasteiger partial charge in [0, 0.05) is 18.8 Å². The molecular formula is C16H25N3O2. The summed E-state index contributed by atoms with van der Waals surface area (Å²) < 4.78 is 5.31. The Morgan fingerprint density at radius 1 is 1.24 bits per heavy atom. The van der Waals surface area contributed by atoms with E-state index in [9.17, 15) is 4.79 Å². The quantitative estimate of drug-likeness (QED) is 0.742. The minimum absolute atomic E-state index is 0.00484. The highest BCUT2D eigenvalue weighted by molar-refractivity contribution is 5.92. The Morgan fingerprint density at radius 3 is 2.67 bits per heavy atom. The SMILES string of the molecule is Cc1ccc(NC(=O)CNCCCN2CCOCC2)cc1. The van der Waals surface area contributed by atoms with E-state index in [2.05, 4.69) is 15.5 Å². The average molecular weight is 291 g/mol. The van der Waals surface area contributed by atoms with Crippen LogP contribution in [-0.2, 0) is 9.53 Å². The number of nitrogens with one attached hydrogen (secondary N) is 2. The van der Waals surface area contributed by atoms with E-state index in [1.807, 2.05) is 31.2 Å². The molecule has 0 unspecified atom stereocenters. The molecule has 21 heavy (non-hydrogen) atoms. The number of rotatable bonds is 7. The summed E-state index contributed by atoms with van der Waals surface area (Å²) >= 11 is 0. The number of carbonyl (C=O) groups is 1. The van der Waals surface area contributed by atoms with E-state index in [-0.39, 0.29) is 5.91 Å². The molecule has 5 nitrogen and oxygen atoms in total. The first-order valence-corrected chi connectivity index (χ1v) is 7.61. The molecule has 1 aromatic rings. The van der Waals surface area contributed by atoms with Crippen LogP contribution >= 0.6 is 0 Å². The zero-order valence-electron chi connectivity index (χ0n) is 12.7. The summed E-state index contributed by atoms with van der Waals surface area (Å²) in [5.41, 5.74) is 2.04. The van der Waals surface area contributed by atoms with Gasteiger partial charge in [0.05, 0.1) is 19.8 Å². The van der Waals surface area contributed by atoms with Crippen LogP contribution in [0.4, 0.5) is 5.69 Å². The third-order valence-corrected chi connectivity index (χ3v) is 3.55. The highest BCUT2D eigenvalue weighted by Crippen LogP contribution is 2.07. The molecule has 0 aliphatic carbocycles. The number of amides is 1. The molecule has 0 spiro atoms. The van der Waals surface area contributed by atoms with Crippen LogP contribution in [0.2, 0.25) is 0 Å². The topological polar surface area (TPSA) is 53.6 Å². The molecule has 116 valence electrons. The molecule has 1 amide bonds. The standard InChI is InChI=1S/C16H25N3O2/c1-14-3-5-15(6-4-14)18-16(20)13-17-7-2-8-19-9-11-21-12-10-19/h3-6,17H,2,7-13H2,1H3,(H,18,20). The first-order valence-electron chi connectivity index (χ1n) is 7.61. The van der Waals surface area contributed by atoms with Crippen LogP contribution in [0.25, 0.3) is 0 Å². The predicted octanol–water partition coefficient (Wildman–Crippen LogP) is 1.25. The van der Waals surface area contributed by atoms with E-state index in [4.69, 9.17) is 4.74 Å². The highest BCUT2D eigenvalue weighted by Gasteiger charge is 2.09. The van der Waals surface area contributed by atoms with E-state index in [0.717, 1.165) is 51.5 Å². The monoisotopic (exact) mass is 291 g/mol. The van der Waals surface area contributed by atoms with E-state index in [1.54, 1.807) is 0 Å². The molecule has 5 heteroatoms. The van der Waals surface area contributed by atoms with Crippen LogP contribution in [0.5, 0.6) is 0 Å². The van der Waals surface area contributed by atoms with Crippen LogP contribution < -0.4 is 10.6 Å². The van der Waals surface area contributed by atoms with Crippen molar-refractivity contribution in [3.05, 3.63) is 29.8 Å². The van der Waals surface area contributed by atoms with Crippen molar-refractivity contribution in [1.82, 2.24) is 10.2 Å². The number of hydrogen-bond donors (Lipinski definition) is 2. The Balaban J connectivity index is 1.53. The summed E-state index contributed by atoms with van der Waals surface area (Å²) in [7, 11) is 0. The minimum Gasteiger partial charge on any atom is -0.379 e. The number of nitrogens with zero attached hydrogens (tertiary/aromatic N) is 1. The molecule has 1 saturated heterocycles. The van der Waals surface area contributed by atoms with Crippen molar-refractivity contribution in [2.24, 2.45) is 0 Å². The molecule has 0 saturated carbocycles. The normalized spacial score (nSPS) is 15.9. The number of ether oxygens (including phenoxy) is 1. The molecule has 1 aliphatic heterocycles. The maximum atomic E-state index is 11.8. The van der Waals surface area contributed by atoms with Crippen LogP contribution in [-0.4, -0.2) is 56.7 Å². The van der Waals surface area contributed by atoms with Crippen LogP contribution in [0.15, 0.2) is 24.3 Å². The van der Waals surface area contributed by atoms with Gasteiger partial charge < -0.3 is 15.4 Å². The van der Waals surface area contributed by atoms with Crippen molar-refractivity contribution in [2.45, 2.75) is 13.3 Å². The summed E-state index contributed by atoms with van der Waals surface area (Å²) in [5.74, 6) is 0.00484. The number of benzene rings is 1. The third-order valence-electron chi connectivity index (χ3n) is 3.55. The smallest absolute Gasteiger partial charge is 0.238 e. The van der Waals surface area contributed by atoms with Crippen molar-refractivity contribution in [3.8, 4) is 0 Å². The Kier molecular flexibility index (Phi) is 6.66. The van der Waals surface area contributed by atoms with Crippen molar-refractivity contribution in [1.29, 1.82) is 0 Å². The summed E-state index contributed by atoms with van der Waals surface area (Å²) in [4.78, 5) is 14.2. The van der Waals surface area contributed by atoms with Gasteiger partial charge in [0.25, 0.3) is 0 Å². The first kappa shape index (κ1) is 15.9. The number of morpholine rings is 1. The molecule has 0 aromatic heterocycles. The molecule has 0 atom stereocenters. The second kappa shape index (κ2) is 8.77. The van der Waals surface area contributed by atoms with Crippen molar-refractivity contribution >= 4 is 11.6 Å². The van der Waals surface area contributed by atoms with Crippen LogP contribution in [0.1, 0.15) is 12.0 Å². The molecule has 2 N–H and O–H groups in total. The number of anilines is 1. The van der Waals surface area contributed by atoms with E-state index < -0.39 is 0 Å². The summed E-state index contributed by atoms with van der Waals surface area (Å²) in [6.45, 7) is 8.04. The van der Waals surface area contributed by atoms with Crippen molar-refractivity contribution in [3.63, 3.8) is 0 Å². The lowest BCUT2D eigenvalue weighted by Gasteiger charge is -2.26. The maximum absolute atomic E-state index is 11.8. The van der Waals surface area contributed by atoms with E-state index in [1.165, 1.54) is 5.56 Å². The van der Waals surface area contributed by atoms with Gasteiger partial charge in [-0.1, -0.05) is 17.7 Å². The molecule has 0 radical (unpaired) electrons. The number of aryl methyl sites for hydroxylation is 1. The Bertz CT molecular complexity index is 428. The van der Waals surface area contributed by atoms with Gasteiger partial charge in [-0.05, 0) is 38.6 Å². The van der Waals surface area contributed by atoms with Crippen LogP contribution in [0, 0.1) is 6.92 Å². The van der Waals surface area contributed by atoms with Gasteiger partial charge in [-0.15, -0.1) is 0 Å². The van der Waals surface area contributed by atoms with Gasteiger partial charge >= 0.3 is 0 Å². The molecule has 1 aromatic carbocycles. The second-order valence-corrected chi connectivity index (χ2v) is 5.40. The number of hydrogen-bond acceptors (Lipinski definition) is 4. The van der Waals surface area contributed by atoms with Gasteiger partial charge in [0.15, 0.2) is 0 Å². The molecular weight excluding hydrogens is 266 g/mol. The Labute approximate surface area is 126 Å². The van der Waals surface area contributed by atoms with Crippen molar-refractivity contribution < 1.29 is 9.53 Å². The van der Waals surface area contributed by atoms with E-state index >= 15 is 0 Å². The average Bonchev–Trinajstić information content (AvgIpc) is 2.50. The fourth-order valence-corrected chi connectivity index (χ4v) is 2.30. The summed E-state index contributed by atoms with van der Waals surface area (Å²) in [6.07, 6.45) is 1.05. The number of carbonyl (C=O) groups excluding carboxylic acids is 1. The maximum Gasteiger partial charge on any atom is 0.238 e. The van der Waals surface area contributed by atoms with Crippen LogP contribution in [0.3, 0.4) is 0 Å². The fourth-order valence-electron chi connectivity index (χ4n) is 2.30. The summed E-state index contributed by atoms with van der Waals surface area (Å²) in [6, 6.07) is 7.83. The lowest BCUT2D eigenvalue weighted by Crippen LogP contribution is -2.38. The largest absolute Gasteiger partial charge is 0.379 e. The lowest BCUT2D eigenvalue weighted by molar-refractivity contribution is -0.115. The second-order valence-electron chi connectivity index (χ2n) is 5.40. The fraction of sp³-hybridized carbons (Fsp3) is 0.562. The zero-order valence-corrected chi connectivity index (χ0v) is 12.7.